The van der Waals surface area contributed by atoms with Crippen LogP contribution in [0.1, 0.15) is 6.92 Å². The highest BCUT2D eigenvalue weighted by Crippen LogP contribution is 2.27. The molecule has 8 nitrogen and oxygen atoms in total. The molecule has 3 aromatic carbocycles. The predicted molar refractivity (Wildman–Crippen MR) is 135 cm³/mol. The highest BCUT2D eigenvalue weighted by atomic mass is 32.2. The van der Waals surface area contributed by atoms with Crippen LogP contribution < -0.4 is 19.2 Å². The number of hydrogen-bond donors (Lipinski definition) is 1. The highest BCUT2D eigenvalue weighted by molar-refractivity contribution is 7.92. The van der Waals surface area contributed by atoms with Crippen LogP contribution in [-0.4, -0.2) is 31.2 Å². The number of aromatic nitrogens is 1. The largest absolute Gasteiger partial charge is 0.457 e. The van der Waals surface area contributed by atoms with E-state index < -0.39 is 22.0 Å². The number of nitrogens with one attached hydrogen (secondary N) is 1. The van der Waals surface area contributed by atoms with Crippen LogP contribution in [0.2, 0.25) is 0 Å². The first kappa shape index (κ1) is 23.5. The third-order valence-corrected chi connectivity index (χ3v) is 7.46. The molecule has 0 aliphatic heterocycles. The molecule has 0 saturated carbocycles. The lowest BCUT2D eigenvalue weighted by atomic mass is 10.2. The normalized spacial score (nSPS) is 12.3. The summed E-state index contributed by atoms with van der Waals surface area (Å²) in [5.41, 5.74) is 1.57. The number of anilines is 2. The first-order chi connectivity index (χ1) is 16.1. The van der Waals surface area contributed by atoms with Gasteiger partial charge in [-0.2, -0.15) is 0 Å². The van der Waals surface area contributed by atoms with E-state index in [1.165, 1.54) is 11.5 Å². The Hall–Kier alpha value is -3.63. The molecule has 0 bridgehead atoms. The van der Waals surface area contributed by atoms with Crippen LogP contribution in [0, 0.1) is 0 Å². The van der Waals surface area contributed by atoms with Crippen molar-refractivity contribution in [2.75, 3.05) is 15.9 Å². The second-order valence-electron chi connectivity index (χ2n) is 7.74. The molecule has 4 aromatic rings. The number of carbonyl (C=O) groups excluding carboxylic acids is 1. The Morgan fingerprint density at radius 2 is 1.68 bits per heavy atom. The first-order valence-electron chi connectivity index (χ1n) is 10.4. The number of hydrogen-bond acceptors (Lipinski definition) is 6. The maximum atomic E-state index is 13.0. The number of benzene rings is 3. The van der Waals surface area contributed by atoms with Gasteiger partial charge in [-0.1, -0.05) is 29.5 Å². The van der Waals surface area contributed by atoms with E-state index in [2.05, 4.69) is 5.32 Å². The van der Waals surface area contributed by atoms with Crippen LogP contribution in [0.3, 0.4) is 0 Å². The van der Waals surface area contributed by atoms with Crippen LogP contribution in [0.4, 0.5) is 11.4 Å². The molecule has 0 fully saturated rings. The summed E-state index contributed by atoms with van der Waals surface area (Å²) in [5, 5.41) is 2.75. The number of carbonyl (C=O) groups is 1. The van der Waals surface area contributed by atoms with Crippen molar-refractivity contribution >= 4 is 48.9 Å². The first-order valence-corrected chi connectivity index (χ1v) is 13.0. The number of sulfonamides is 1. The Kier molecular flexibility index (Phi) is 6.45. The number of para-hydroxylation sites is 1. The zero-order valence-electron chi connectivity index (χ0n) is 18.8. The molecule has 0 aliphatic rings. The molecule has 1 heterocycles. The summed E-state index contributed by atoms with van der Waals surface area (Å²) in [4.78, 5) is 24.8. The SMILES string of the molecule is C[C@@H](C(=O)Nc1ccc2c(c1)sc(=O)n2C)N(c1ccc(Oc2ccccc2)cc1)S(C)(=O)=O. The van der Waals surface area contributed by atoms with Gasteiger partial charge in [0.05, 0.1) is 22.2 Å². The maximum absolute atomic E-state index is 13.0. The van der Waals surface area contributed by atoms with Crippen molar-refractivity contribution in [3.8, 4) is 11.5 Å². The molecule has 10 heteroatoms. The van der Waals surface area contributed by atoms with E-state index in [0.717, 1.165) is 32.1 Å². The molecule has 1 aromatic heterocycles. The lowest BCUT2D eigenvalue weighted by Gasteiger charge is -2.28. The second kappa shape index (κ2) is 9.32. The zero-order valence-corrected chi connectivity index (χ0v) is 20.4. The van der Waals surface area contributed by atoms with E-state index in [1.807, 2.05) is 30.3 Å². The summed E-state index contributed by atoms with van der Waals surface area (Å²) in [6, 6.07) is 19.8. The molecule has 1 atom stereocenters. The second-order valence-corrected chi connectivity index (χ2v) is 10.6. The molecule has 34 heavy (non-hydrogen) atoms. The van der Waals surface area contributed by atoms with Crippen molar-refractivity contribution in [3.05, 3.63) is 82.5 Å². The van der Waals surface area contributed by atoms with Crippen molar-refractivity contribution in [1.82, 2.24) is 4.57 Å². The van der Waals surface area contributed by atoms with E-state index in [0.29, 0.717) is 22.9 Å². The van der Waals surface area contributed by atoms with Crippen molar-refractivity contribution in [3.63, 3.8) is 0 Å². The average Bonchev–Trinajstić information content (AvgIpc) is 3.07. The summed E-state index contributed by atoms with van der Waals surface area (Å²) >= 11 is 1.08. The van der Waals surface area contributed by atoms with E-state index in [9.17, 15) is 18.0 Å². The van der Waals surface area contributed by atoms with Crippen LogP contribution in [0.15, 0.2) is 77.6 Å². The number of aryl methyl sites for hydroxylation is 1. The fourth-order valence-electron chi connectivity index (χ4n) is 3.55. The fourth-order valence-corrected chi connectivity index (χ4v) is 5.65. The minimum absolute atomic E-state index is 0.102. The van der Waals surface area contributed by atoms with Gasteiger partial charge in [0, 0.05) is 12.7 Å². The number of ether oxygens (including phenoxy) is 1. The molecular formula is C24H23N3O5S2. The number of fused-ring (bicyclic) bond motifs is 1. The Morgan fingerprint density at radius 1 is 1.03 bits per heavy atom. The summed E-state index contributed by atoms with van der Waals surface area (Å²) < 4.78 is 34.3. The van der Waals surface area contributed by atoms with Gasteiger partial charge in [-0.05, 0) is 61.5 Å². The van der Waals surface area contributed by atoms with Gasteiger partial charge >= 0.3 is 4.87 Å². The zero-order chi connectivity index (χ0) is 24.5. The van der Waals surface area contributed by atoms with Gasteiger partial charge < -0.3 is 14.6 Å². The Bertz CT molecular complexity index is 1490. The number of nitrogens with zero attached hydrogens (tertiary/aromatic N) is 2. The molecule has 4 rings (SSSR count). The molecule has 1 N–H and O–H groups in total. The summed E-state index contributed by atoms with van der Waals surface area (Å²) in [6.07, 6.45) is 1.05. The third-order valence-electron chi connectivity index (χ3n) is 5.22. The van der Waals surface area contributed by atoms with Crippen LogP contribution in [0.25, 0.3) is 10.2 Å². The van der Waals surface area contributed by atoms with E-state index >= 15 is 0 Å². The molecule has 0 radical (unpaired) electrons. The quantitative estimate of drug-likeness (QED) is 0.413. The minimum Gasteiger partial charge on any atom is -0.457 e. The summed E-state index contributed by atoms with van der Waals surface area (Å²) in [5.74, 6) is 0.691. The molecule has 176 valence electrons. The van der Waals surface area contributed by atoms with Gasteiger partial charge in [0.2, 0.25) is 15.9 Å². The smallest absolute Gasteiger partial charge is 0.307 e. The van der Waals surface area contributed by atoms with Crippen molar-refractivity contribution in [1.29, 1.82) is 0 Å². The predicted octanol–water partition coefficient (Wildman–Crippen LogP) is 4.19. The summed E-state index contributed by atoms with van der Waals surface area (Å²) in [7, 11) is -2.09. The Labute approximate surface area is 201 Å². The molecular weight excluding hydrogens is 474 g/mol. The minimum atomic E-state index is -3.77. The molecule has 0 spiro atoms. The average molecular weight is 498 g/mol. The van der Waals surface area contributed by atoms with E-state index in [1.54, 1.807) is 49.5 Å². The monoisotopic (exact) mass is 497 g/mol. The lowest BCUT2D eigenvalue weighted by Crippen LogP contribution is -2.45. The van der Waals surface area contributed by atoms with Crippen molar-refractivity contribution < 1.29 is 17.9 Å². The lowest BCUT2D eigenvalue weighted by molar-refractivity contribution is -0.116. The van der Waals surface area contributed by atoms with Crippen LogP contribution in [-0.2, 0) is 21.9 Å². The Balaban J connectivity index is 1.55. The summed E-state index contributed by atoms with van der Waals surface area (Å²) in [6.45, 7) is 1.52. The van der Waals surface area contributed by atoms with Crippen molar-refractivity contribution in [2.45, 2.75) is 13.0 Å². The standard InChI is InChI=1S/C24H23N3O5S2/c1-16(23(28)25-17-9-14-21-22(15-17)33-24(29)26(21)2)27(34(3,30)31)18-10-12-20(13-11-18)32-19-7-5-4-6-8-19/h4-16H,1-3H3,(H,25,28)/t16-/m0/s1. The van der Waals surface area contributed by atoms with Gasteiger partial charge in [-0.3, -0.25) is 13.9 Å². The molecule has 1 amide bonds. The molecule has 0 unspecified atom stereocenters. The maximum Gasteiger partial charge on any atom is 0.307 e. The van der Waals surface area contributed by atoms with Crippen molar-refractivity contribution in [2.24, 2.45) is 7.05 Å². The van der Waals surface area contributed by atoms with Gasteiger partial charge in [0.1, 0.15) is 17.5 Å². The number of amides is 1. The fraction of sp³-hybridized carbons (Fsp3) is 0.167. The van der Waals surface area contributed by atoms with Gasteiger partial charge in [0.25, 0.3) is 0 Å². The van der Waals surface area contributed by atoms with Crippen LogP contribution >= 0.6 is 11.3 Å². The molecule has 0 saturated heterocycles. The van der Waals surface area contributed by atoms with E-state index in [4.69, 9.17) is 4.74 Å². The van der Waals surface area contributed by atoms with Gasteiger partial charge in [0.15, 0.2) is 0 Å². The molecule has 0 aliphatic carbocycles. The van der Waals surface area contributed by atoms with Gasteiger partial charge in [-0.25, -0.2) is 8.42 Å². The van der Waals surface area contributed by atoms with Gasteiger partial charge in [-0.15, -0.1) is 0 Å². The number of thiazole rings is 1. The highest BCUT2D eigenvalue weighted by Gasteiger charge is 2.29. The van der Waals surface area contributed by atoms with Crippen LogP contribution in [0.5, 0.6) is 11.5 Å². The van der Waals surface area contributed by atoms with E-state index in [-0.39, 0.29) is 4.87 Å². The topological polar surface area (TPSA) is 97.7 Å². The Morgan fingerprint density at radius 3 is 2.32 bits per heavy atom. The third kappa shape index (κ3) is 4.97. The number of rotatable bonds is 7.